The van der Waals surface area contributed by atoms with Crippen molar-refractivity contribution in [1.29, 1.82) is 0 Å². The number of phenols is 2. The lowest BCUT2D eigenvalue weighted by Crippen LogP contribution is -3.06. The van der Waals surface area contributed by atoms with Crippen molar-refractivity contribution in [2.45, 2.75) is 52.4 Å². The Kier molecular flexibility index (Phi) is 18.3. The van der Waals surface area contributed by atoms with E-state index in [-0.39, 0.29) is 24.8 Å². The van der Waals surface area contributed by atoms with Gasteiger partial charge in [-0.15, -0.1) is 0 Å². The molecule has 0 fully saturated rings. The molecular weight excluding hydrogens is 467 g/mol. The molecule has 0 saturated carbocycles. The van der Waals surface area contributed by atoms with Gasteiger partial charge in [-0.1, -0.05) is 52.0 Å². The first kappa shape index (κ1) is 34.7. The zero-order valence-electron chi connectivity index (χ0n) is 22.4. The molecule has 0 aliphatic carbocycles. The number of halogens is 2. The van der Waals surface area contributed by atoms with E-state index >= 15 is 0 Å². The Morgan fingerprint density at radius 2 is 0.971 bits per heavy atom. The molecule has 0 aromatic heterocycles. The summed E-state index contributed by atoms with van der Waals surface area (Å²) in [6, 6.07) is 15.4. The van der Waals surface area contributed by atoms with Crippen molar-refractivity contribution in [2.75, 3.05) is 41.3 Å². The van der Waals surface area contributed by atoms with Crippen molar-refractivity contribution in [1.82, 2.24) is 0 Å². The van der Waals surface area contributed by atoms with Crippen LogP contribution >= 0.6 is 0 Å². The lowest BCUT2D eigenvalue weighted by molar-refractivity contribution is -0.862. The second kappa shape index (κ2) is 17.9. The van der Waals surface area contributed by atoms with Gasteiger partial charge in [-0.3, -0.25) is 0 Å². The van der Waals surface area contributed by atoms with Crippen molar-refractivity contribution < 1.29 is 44.8 Å². The Morgan fingerprint density at radius 3 is 1.21 bits per heavy atom. The van der Waals surface area contributed by atoms with Gasteiger partial charge in [0.05, 0.1) is 41.3 Å². The zero-order valence-corrected chi connectivity index (χ0v) is 23.9. The van der Waals surface area contributed by atoms with Crippen LogP contribution in [0.3, 0.4) is 0 Å². The molecule has 2 aromatic carbocycles. The standard InChI is InChI=1S/2C14H23NO.2ClH/c2*1-5-14(11(2)10-15(3)4)12-7-6-8-13(16)9-12;;/h2*6-9,11,14,16H,5,10H2,1-4H3;2*1H/t2*11-,14+;;/m00../s1. The van der Waals surface area contributed by atoms with Crippen LogP contribution < -0.4 is 34.6 Å². The average molecular weight is 516 g/mol. The van der Waals surface area contributed by atoms with E-state index in [1.54, 1.807) is 12.1 Å². The highest BCUT2D eigenvalue weighted by Crippen LogP contribution is 2.30. The van der Waals surface area contributed by atoms with E-state index in [9.17, 15) is 10.2 Å². The smallest absolute Gasteiger partial charge is 0.115 e. The van der Waals surface area contributed by atoms with Crippen LogP contribution in [0, 0.1) is 11.8 Å². The van der Waals surface area contributed by atoms with E-state index in [2.05, 4.69) is 68.0 Å². The van der Waals surface area contributed by atoms with Crippen molar-refractivity contribution >= 4 is 0 Å². The summed E-state index contributed by atoms with van der Waals surface area (Å²) < 4.78 is 0. The molecule has 0 radical (unpaired) electrons. The third-order valence-electron chi connectivity index (χ3n) is 6.31. The van der Waals surface area contributed by atoms with Crippen LogP contribution in [0.5, 0.6) is 11.5 Å². The Bertz CT molecular complexity index is 721. The number of nitrogens with one attached hydrogen (secondary N) is 2. The number of hydrogen-bond donors (Lipinski definition) is 4. The van der Waals surface area contributed by atoms with Gasteiger partial charge in [0.2, 0.25) is 0 Å². The molecule has 0 bridgehead atoms. The summed E-state index contributed by atoms with van der Waals surface area (Å²) >= 11 is 0. The molecule has 0 aliphatic rings. The highest BCUT2D eigenvalue weighted by atomic mass is 35.5. The number of quaternary nitrogens is 2. The van der Waals surface area contributed by atoms with E-state index in [0.29, 0.717) is 35.2 Å². The molecule has 0 heterocycles. The molecule has 0 spiro atoms. The monoisotopic (exact) mass is 514 g/mol. The summed E-state index contributed by atoms with van der Waals surface area (Å²) in [7, 11) is 8.74. The van der Waals surface area contributed by atoms with Crippen LogP contribution in [-0.2, 0) is 0 Å². The van der Waals surface area contributed by atoms with Crippen molar-refractivity contribution in [2.24, 2.45) is 11.8 Å². The van der Waals surface area contributed by atoms with Gasteiger partial charge in [0.15, 0.2) is 0 Å². The Morgan fingerprint density at radius 1 is 0.647 bits per heavy atom. The Hall–Kier alpha value is -1.46. The van der Waals surface area contributed by atoms with Crippen LogP contribution in [0.15, 0.2) is 48.5 Å². The third-order valence-corrected chi connectivity index (χ3v) is 6.31. The Balaban J connectivity index is 0. The van der Waals surface area contributed by atoms with Crippen LogP contribution in [0.1, 0.15) is 63.5 Å². The number of aromatic hydroxyl groups is 2. The predicted molar refractivity (Wildman–Crippen MR) is 136 cm³/mol. The molecule has 4 N–H and O–H groups in total. The van der Waals surface area contributed by atoms with E-state index < -0.39 is 0 Å². The summed E-state index contributed by atoms with van der Waals surface area (Å²) in [4.78, 5) is 2.96. The summed E-state index contributed by atoms with van der Waals surface area (Å²) in [5, 5.41) is 19.0. The van der Waals surface area contributed by atoms with Crippen molar-refractivity contribution in [3.63, 3.8) is 0 Å². The van der Waals surface area contributed by atoms with Crippen molar-refractivity contribution in [3.05, 3.63) is 59.7 Å². The number of rotatable bonds is 10. The number of hydrogen-bond acceptors (Lipinski definition) is 2. The molecule has 2 rings (SSSR count). The van der Waals surface area contributed by atoms with Gasteiger partial charge >= 0.3 is 0 Å². The van der Waals surface area contributed by atoms with E-state index in [0.717, 1.165) is 25.9 Å². The minimum atomic E-state index is 0. The number of phenolic OH excluding ortho intramolecular Hbond substituents is 2. The predicted octanol–water partition coefficient (Wildman–Crippen LogP) is -2.66. The molecule has 0 aliphatic heterocycles. The van der Waals surface area contributed by atoms with Crippen molar-refractivity contribution in [3.8, 4) is 11.5 Å². The van der Waals surface area contributed by atoms with E-state index in [1.807, 2.05) is 24.3 Å². The molecule has 6 heteroatoms. The van der Waals surface area contributed by atoms with Crippen LogP contribution in [0.4, 0.5) is 0 Å². The van der Waals surface area contributed by atoms with Gasteiger partial charge in [0.25, 0.3) is 0 Å². The topological polar surface area (TPSA) is 49.3 Å². The van der Waals surface area contributed by atoms with Gasteiger partial charge in [0.1, 0.15) is 11.5 Å². The van der Waals surface area contributed by atoms with Gasteiger partial charge in [0, 0.05) is 11.8 Å². The van der Waals surface area contributed by atoms with E-state index in [1.165, 1.54) is 20.9 Å². The largest absolute Gasteiger partial charge is 1.00 e. The molecule has 2 aromatic rings. The normalized spacial score (nSPS) is 14.2. The molecule has 4 atom stereocenters. The minimum Gasteiger partial charge on any atom is -1.00 e. The summed E-state index contributed by atoms with van der Waals surface area (Å²) in [5.74, 6) is 3.11. The first-order chi connectivity index (χ1) is 15.1. The summed E-state index contributed by atoms with van der Waals surface area (Å²) in [5.41, 5.74) is 2.52. The number of benzene rings is 2. The fourth-order valence-corrected chi connectivity index (χ4v) is 5.02. The summed E-state index contributed by atoms with van der Waals surface area (Å²) in [6.07, 6.45) is 2.25. The van der Waals surface area contributed by atoms with Crippen LogP contribution in [0.25, 0.3) is 0 Å². The fourth-order valence-electron chi connectivity index (χ4n) is 5.02. The first-order valence-corrected chi connectivity index (χ1v) is 12.2. The maximum Gasteiger partial charge on any atom is 0.115 e. The average Bonchev–Trinajstić information content (AvgIpc) is 2.68. The second-order valence-electron chi connectivity index (χ2n) is 10.00. The molecule has 0 unspecified atom stereocenters. The molecular formula is C28H48Cl2N2O2. The van der Waals surface area contributed by atoms with Crippen LogP contribution in [0.2, 0.25) is 0 Å². The summed E-state index contributed by atoms with van der Waals surface area (Å²) in [6.45, 7) is 11.4. The van der Waals surface area contributed by atoms with Gasteiger partial charge in [-0.05, 0) is 60.1 Å². The lowest BCUT2D eigenvalue weighted by Gasteiger charge is -2.24. The third kappa shape index (κ3) is 12.3. The fraction of sp³-hybridized carbons (Fsp3) is 0.571. The minimum absolute atomic E-state index is 0. The SMILES string of the molecule is CC[C@@H](c1cccc(O)c1)[C@@H](C)C[NH+](C)C.CC[C@@H](c1cccc(O)c1)[C@@H](C)C[NH+](C)C.[Cl-].[Cl-]. The quantitative estimate of drug-likeness (QED) is 0.279. The maximum absolute atomic E-state index is 9.52. The highest BCUT2D eigenvalue weighted by Gasteiger charge is 2.21. The molecule has 196 valence electrons. The Labute approximate surface area is 221 Å². The van der Waals surface area contributed by atoms with Gasteiger partial charge < -0.3 is 44.8 Å². The highest BCUT2D eigenvalue weighted by molar-refractivity contribution is 5.30. The maximum atomic E-state index is 9.52. The molecule has 0 saturated heterocycles. The van der Waals surface area contributed by atoms with Gasteiger partial charge in [-0.2, -0.15) is 0 Å². The molecule has 34 heavy (non-hydrogen) atoms. The van der Waals surface area contributed by atoms with E-state index in [4.69, 9.17) is 0 Å². The van der Waals surface area contributed by atoms with Crippen LogP contribution in [-0.4, -0.2) is 51.5 Å². The first-order valence-electron chi connectivity index (χ1n) is 12.2. The van der Waals surface area contributed by atoms with Gasteiger partial charge in [-0.25, -0.2) is 0 Å². The lowest BCUT2D eigenvalue weighted by atomic mass is 9.85. The second-order valence-corrected chi connectivity index (χ2v) is 10.00. The zero-order chi connectivity index (χ0) is 24.3. The molecule has 0 amide bonds. The molecule has 4 nitrogen and oxygen atoms in total.